The molecular formula is C16H25N4O4PS. The van der Waals surface area contributed by atoms with Gasteiger partial charge in [0.25, 0.3) is 5.56 Å². The molecule has 1 fully saturated rings. The van der Waals surface area contributed by atoms with Gasteiger partial charge >= 0.3 is 0 Å². The summed E-state index contributed by atoms with van der Waals surface area (Å²) in [6.07, 6.45) is 3.99. The SMILES string of the molecule is C=P(C)(C)CC[C@H]1OC(n2c(SC)nc3c(=O)[nH]c(C)nc32)C(O)[C@@H]1O. The molecule has 0 amide bonds. The number of aromatic nitrogens is 4. The fourth-order valence-electron chi connectivity index (χ4n) is 3.10. The van der Waals surface area contributed by atoms with Gasteiger partial charge < -0.3 is 19.9 Å². The van der Waals surface area contributed by atoms with E-state index in [1.54, 1.807) is 11.5 Å². The number of thioether (sulfide) groups is 1. The average Bonchev–Trinajstić information content (AvgIpc) is 3.04. The smallest absolute Gasteiger partial charge is 0.279 e. The second-order valence-corrected chi connectivity index (χ2v) is 12.4. The van der Waals surface area contributed by atoms with E-state index in [0.717, 1.165) is 6.16 Å². The van der Waals surface area contributed by atoms with E-state index in [1.807, 2.05) is 6.26 Å². The molecule has 2 aromatic heterocycles. The molecule has 3 heterocycles. The fourth-order valence-corrected chi connectivity index (χ4v) is 4.63. The molecule has 0 radical (unpaired) electrons. The van der Waals surface area contributed by atoms with Gasteiger partial charge in [-0.15, -0.1) is 13.2 Å². The maximum atomic E-state index is 12.2. The van der Waals surface area contributed by atoms with Crippen molar-refractivity contribution in [3.63, 3.8) is 0 Å². The zero-order valence-corrected chi connectivity index (χ0v) is 17.0. The minimum Gasteiger partial charge on any atom is -0.388 e. The third-order valence-electron chi connectivity index (χ3n) is 4.43. The zero-order valence-electron chi connectivity index (χ0n) is 15.3. The van der Waals surface area contributed by atoms with E-state index in [1.165, 1.54) is 11.8 Å². The van der Waals surface area contributed by atoms with Crippen LogP contribution in [0.4, 0.5) is 0 Å². The number of nitrogens with one attached hydrogen (secondary N) is 1. The summed E-state index contributed by atoms with van der Waals surface area (Å²) in [7, 11) is 0. The van der Waals surface area contributed by atoms with Crippen LogP contribution in [0.25, 0.3) is 11.2 Å². The van der Waals surface area contributed by atoms with Gasteiger partial charge in [-0.2, -0.15) is 0 Å². The molecule has 0 saturated carbocycles. The van der Waals surface area contributed by atoms with E-state index in [4.69, 9.17) is 4.74 Å². The molecule has 1 aliphatic rings. The fraction of sp³-hybridized carbons (Fsp3) is 0.625. The summed E-state index contributed by atoms with van der Waals surface area (Å²) in [5, 5.41) is 21.6. The third-order valence-corrected chi connectivity index (χ3v) is 6.55. The number of fused-ring (bicyclic) bond motifs is 1. The Bertz CT molecular complexity index is 921. The van der Waals surface area contributed by atoms with Gasteiger partial charge in [-0.3, -0.25) is 9.36 Å². The van der Waals surface area contributed by atoms with Crippen LogP contribution in [0.2, 0.25) is 0 Å². The van der Waals surface area contributed by atoms with Crippen LogP contribution in [0.1, 0.15) is 18.5 Å². The highest BCUT2D eigenvalue weighted by Crippen LogP contribution is 2.40. The monoisotopic (exact) mass is 400 g/mol. The van der Waals surface area contributed by atoms with E-state index >= 15 is 0 Å². The molecule has 144 valence electrons. The number of ether oxygens (including phenoxy) is 1. The molecule has 4 atom stereocenters. The number of aliphatic hydroxyl groups is 2. The standard InChI is InChI=1S/C16H25N4O4PS/c1-8-17-13-10(14(23)18-8)19-16(26-5)20(13)15-12(22)11(21)9(24-15)6-7-25(2,3)4/h9,11-12,15,21-22H,2,6-7H2,1,3-5H3,(H,17,18,23)/t9-,11-,12?,15?/m1/s1. The number of hydrogen-bond acceptors (Lipinski definition) is 7. The first-order chi connectivity index (χ1) is 12.1. The summed E-state index contributed by atoms with van der Waals surface area (Å²) < 4.78 is 7.62. The van der Waals surface area contributed by atoms with Crippen LogP contribution >= 0.6 is 18.6 Å². The van der Waals surface area contributed by atoms with Gasteiger partial charge in [-0.25, -0.2) is 9.97 Å². The Morgan fingerprint density at radius 1 is 1.35 bits per heavy atom. The predicted octanol–water partition coefficient (Wildman–Crippen LogP) is 0.868. The van der Waals surface area contributed by atoms with Crippen molar-refractivity contribution in [2.45, 2.75) is 43.0 Å². The molecule has 3 rings (SSSR count). The Morgan fingerprint density at radius 3 is 2.65 bits per heavy atom. The van der Waals surface area contributed by atoms with Gasteiger partial charge in [0.1, 0.15) is 18.0 Å². The number of aromatic amines is 1. The van der Waals surface area contributed by atoms with Gasteiger partial charge in [0.05, 0.1) is 6.10 Å². The lowest BCUT2D eigenvalue weighted by Crippen LogP contribution is -2.32. The summed E-state index contributed by atoms with van der Waals surface area (Å²) in [5.74, 6) is 0.449. The Balaban J connectivity index is 2.01. The van der Waals surface area contributed by atoms with Crippen molar-refractivity contribution >= 4 is 36.1 Å². The number of aryl methyl sites for hydroxylation is 1. The Hall–Kier alpha value is -1.12. The topological polar surface area (TPSA) is 113 Å². The summed E-state index contributed by atoms with van der Waals surface area (Å²) in [6.45, 7) is 4.66. The van der Waals surface area contributed by atoms with Gasteiger partial charge in [0, 0.05) is 0 Å². The first-order valence-corrected chi connectivity index (χ1v) is 12.6. The molecule has 8 nitrogen and oxygen atoms in total. The molecule has 0 bridgehead atoms. The number of nitrogens with zero attached hydrogens (tertiary/aromatic N) is 3. The molecule has 0 spiro atoms. The average molecular weight is 400 g/mol. The first kappa shape index (κ1) is 19.6. The molecule has 3 N–H and O–H groups in total. The highest BCUT2D eigenvalue weighted by molar-refractivity contribution is 7.98. The molecule has 10 heteroatoms. The summed E-state index contributed by atoms with van der Waals surface area (Å²) in [6, 6.07) is 0. The van der Waals surface area contributed by atoms with Crippen LogP contribution < -0.4 is 5.56 Å². The van der Waals surface area contributed by atoms with Crippen molar-refractivity contribution in [1.29, 1.82) is 0 Å². The minimum absolute atomic E-state index is 0.193. The molecule has 0 aromatic carbocycles. The number of aliphatic hydroxyl groups excluding tert-OH is 2. The summed E-state index contributed by atoms with van der Waals surface area (Å²) in [5.41, 5.74) is 0.200. The molecule has 2 unspecified atom stereocenters. The lowest BCUT2D eigenvalue weighted by molar-refractivity contribution is -0.0400. The van der Waals surface area contributed by atoms with Crippen LogP contribution in [0, 0.1) is 6.92 Å². The van der Waals surface area contributed by atoms with Crippen LogP contribution in [-0.4, -0.2) is 80.1 Å². The minimum atomic E-state index is -1.27. The van der Waals surface area contributed by atoms with Gasteiger partial charge in [-0.05, 0) is 39.1 Å². The van der Waals surface area contributed by atoms with Gasteiger partial charge in [-0.1, -0.05) is 11.8 Å². The maximum Gasteiger partial charge on any atom is 0.279 e. The highest BCUT2D eigenvalue weighted by atomic mass is 32.2. The molecule has 2 aromatic rings. The normalized spacial score (nSPS) is 26.7. The zero-order chi connectivity index (χ0) is 19.2. The molecule has 26 heavy (non-hydrogen) atoms. The molecule has 1 saturated heterocycles. The lowest BCUT2D eigenvalue weighted by Gasteiger charge is -2.19. The van der Waals surface area contributed by atoms with E-state index in [9.17, 15) is 15.0 Å². The molecule has 0 aliphatic carbocycles. The predicted molar refractivity (Wildman–Crippen MR) is 106 cm³/mol. The van der Waals surface area contributed by atoms with Crippen molar-refractivity contribution in [3.05, 3.63) is 16.2 Å². The maximum absolute atomic E-state index is 12.2. The van der Waals surface area contributed by atoms with Crippen molar-refractivity contribution in [1.82, 2.24) is 19.5 Å². The largest absolute Gasteiger partial charge is 0.388 e. The van der Waals surface area contributed by atoms with Crippen LogP contribution in [-0.2, 0) is 4.74 Å². The van der Waals surface area contributed by atoms with Crippen molar-refractivity contribution in [3.8, 4) is 0 Å². The number of imidazole rings is 1. The van der Waals surface area contributed by atoms with Crippen molar-refractivity contribution in [2.24, 2.45) is 0 Å². The number of H-pyrrole nitrogens is 1. The third kappa shape index (κ3) is 3.64. The summed E-state index contributed by atoms with van der Waals surface area (Å²) >= 11 is 1.33. The highest BCUT2D eigenvalue weighted by Gasteiger charge is 2.45. The van der Waals surface area contributed by atoms with E-state index in [-0.39, 0.29) is 11.1 Å². The van der Waals surface area contributed by atoms with Crippen LogP contribution in [0.15, 0.2) is 9.95 Å². The molecule has 1 aliphatic heterocycles. The lowest BCUT2D eigenvalue weighted by atomic mass is 10.1. The second kappa shape index (κ2) is 7.13. The number of hydrogen-bond donors (Lipinski definition) is 3. The van der Waals surface area contributed by atoms with Crippen molar-refractivity contribution in [2.75, 3.05) is 25.7 Å². The summed E-state index contributed by atoms with van der Waals surface area (Å²) in [4.78, 5) is 23.5. The molecular weight excluding hydrogens is 375 g/mol. The van der Waals surface area contributed by atoms with Crippen molar-refractivity contribution < 1.29 is 14.9 Å². The van der Waals surface area contributed by atoms with Gasteiger partial charge in [0.15, 0.2) is 22.5 Å². The Morgan fingerprint density at radius 2 is 2.04 bits per heavy atom. The quantitative estimate of drug-likeness (QED) is 0.504. The Labute approximate surface area is 156 Å². The van der Waals surface area contributed by atoms with Crippen LogP contribution in [0.5, 0.6) is 0 Å². The van der Waals surface area contributed by atoms with E-state index in [2.05, 4.69) is 34.6 Å². The number of rotatable bonds is 5. The van der Waals surface area contributed by atoms with Crippen LogP contribution in [0.3, 0.4) is 0 Å². The first-order valence-electron chi connectivity index (χ1n) is 8.34. The van der Waals surface area contributed by atoms with Gasteiger partial charge in [0.2, 0.25) is 0 Å². The second-order valence-electron chi connectivity index (χ2n) is 7.29. The Kier molecular flexibility index (Phi) is 5.38. The van der Waals surface area contributed by atoms with E-state index < -0.39 is 31.4 Å². The van der Waals surface area contributed by atoms with E-state index in [0.29, 0.717) is 23.0 Å².